The average molecular weight is 284 g/mol. The van der Waals surface area contributed by atoms with Gasteiger partial charge in [-0.15, -0.1) is 0 Å². The van der Waals surface area contributed by atoms with Crippen molar-refractivity contribution in [2.75, 3.05) is 0 Å². The third-order valence-corrected chi connectivity index (χ3v) is 1.91. The zero-order valence-corrected chi connectivity index (χ0v) is 10.1. The second kappa shape index (κ2) is 7.14. The molecule has 8 heteroatoms. The first-order chi connectivity index (χ1) is 9.38. The molecule has 0 fully saturated rings. The molecule has 2 aromatic rings. The van der Waals surface area contributed by atoms with Crippen molar-refractivity contribution in [3.63, 3.8) is 0 Å². The van der Waals surface area contributed by atoms with Gasteiger partial charge in [0, 0.05) is 6.07 Å². The molecule has 0 aliphatic rings. The van der Waals surface area contributed by atoms with E-state index in [4.69, 9.17) is 10.1 Å². The van der Waals surface area contributed by atoms with Gasteiger partial charge >= 0.3 is 12.9 Å². The zero-order valence-electron chi connectivity index (χ0n) is 10.1. The van der Waals surface area contributed by atoms with Crippen molar-refractivity contribution in [2.24, 2.45) is 0 Å². The smallest absolute Gasteiger partial charge is 0.457 e. The molecule has 2 rings (SSSR count). The number of hydrogen-bond donors (Lipinski definition) is 0. The fraction of sp³-hybridized carbons (Fsp3) is 0. The van der Waals surface area contributed by atoms with Crippen LogP contribution in [0.2, 0.25) is 0 Å². The summed E-state index contributed by atoms with van der Waals surface area (Å²) < 4.78 is 44.5. The molecule has 0 atom stereocenters. The lowest BCUT2D eigenvalue weighted by molar-refractivity contribution is 0.368. The molecule has 20 heavy (non-hydrogen) atoms. The van der Waals surface area contributed by atoms with E-state index in [1.807, 2.05) is 36.4 Å². The van der Waals surface area contributed by atoms with Crippen LogP contribution in [0.1, 0.15) is 0 Å². The van der Waals surface area contributed by atoms with Crippen molar-refractivity contribution in [1.82, 2.24) is 0 Å². The fourth-order valence-electron chi connectivity index (χ4n) is 1.23. The average Bonchev–Trinajstić information content (AvgIpc) is 2.38. The maximum absolute atomic E-state index is 9.75. The minimum absolute atomic E-state index is 0.475. The number of benzene rings is 2. The number of para-hydroxylation sites is 1. The third kappa shape index (κ3) is 7.01. The highest BCUT2D eigenvalue weighted by Crippen LogP contribution is 2.24. The molecule has 0 aliphatic heterocycles. The van der Waals surface area contributed by atoms with Crippen molar-refractivity contribution in [1.29, 1.82) is 5.39 Å². The summed E-state index contributed by atoms with van der Waals surface area (Å²) in [5, 5.41) is 8.60. The number of halogens is 4. The van der Waals surface area contributed by atoms with Gasteiger partial charge in [-0.1, -0.05) is 24.3 Å². The predicted molar refractivity (Wildman–Crippen MR) is 67.9 cm³/mol. The van der Waals surface area contributed by atoms with E-state index >= 15 is 0 Å². The molecule has 3 nitrogen and oxygen atoms in total. The van der Waals surface area contributed by atoms with E-state index in [0.717, 1.165) is 5.75 Å². The van der Waals surface area contributed by atoms with Crippen LogP contribution in [0.4, 0.5) is 23.0 Å². The highest BCUT2D eigenvalue weighted by molar-refractivity contribution is 6.50. The Balaban J connectivity index is 0.000000347. The molecule has 0 saturated carbocycles. The molecule has 0 bridgehead atoms. The summed E-state index contributed by atoms with van der Waals surface area (Å²) in [6, 6.07) is 16.4. The number of nitrogens with zero attached hydrogens (tertiary/aromatic N) is 2. The minimum Gasteiger partial charge on any atom is -0.457 e. The molecule has 0 heterocycles. The summed E-state index contributed by atoms with van der Waals surface area (Å²) in [5.41, 5.74) is 0.475. The largest absolute Gasteiger partial charge is 0.673 e. The first-order valence-electron chi connectivity index (χ1n) is 5.44. The summed E-state index contributed by atoms with van der Waals surface area (Å²) in [7, 11) is -6.00. The molecule has 0 aliphatic carbocycles. The zero-order chi connectivity index (χ0) is 15.0. The van der Waals surface area contributed by atoms with E-state index in [1.165, 1.54) is 0 Å². The van der Waals surface area contributed by atoms with E-state index in [9.17, 15) is 17.3 Å². The quantitative estimate of drug-likeness (QED) is 0.428. The molecule has 0 amide bonds. The molecule has 0 spiro atoms. The van der Waals surface area contributed by atoms with Crippen LogP contribution < -0.4 is 4.74 Å². The molecule has 0 aromatic heterocycles. The summed E-state index contributed by atoms with van der Waals surface area (Å²) in [4.78, 5) is 3.09. The van der Waals surface area contributed by atoms with Crippen molar-refractivity contribution in [3.05, 3.63) is 59.6 Å². The summed E-state index contributed by atoms with van der Waals surface area (Å²) in [6.45, 7) is 0. The van der Waals surface area contributed by atoms with E-state index in [1.54, 1.807) is 18.2 Å². The topological polar surface area (TPSA) is 37.4 Å². The van der Waals surface area contributed by atoms with Crippen LogP contribution in [-0.4, -0.2) is 7.25 Å². The summed E-state index contributed by atoms with van der Waals surface area (Å²) in [5.74, 6) is 1.41. The number of diazo groups is 1. The van der Waals surface area contributed by atoms with Gasteiger partial charge < -0.3 is 22.0 Å². The van der Waals surface area contributed by atoms with Gasteiger partial charge in [0.1, 0.15) is 11.5 Å². The van der Waals surface area contributed by atoms with Crippen molar-refractivity contribution in [3.8, 4) is 11.5 Å². The van der Waals surface area contributed by atoms with Crippen molar-refractivity contribution in [2.45, 2.75) is 0 Å². The maximum Gasteiger partial charge on any atom is 0.673 e. The van der Waals surface area contributed by atoms with Crippen LogP contribution in [0.3, 0.4) is 0 Å². The Kier molecular flexibility index (Phi) is 5.53. The van der Waals surface area contributed by atoms with Crippen LogP contribution in [-0.2, 0) is 0 Å². The number of hydrogen-bond acceptors (Lipinski definition) is 2. The number of ether oxygens (including phenoxy) is 1. The molecule has 0 radical (unpaired) electrons. The van der Waals surface area contributed by atoms with Gasteiger partial charge in [0.25, 0.3) is 0 Å². The SMILES string of the molecule is F[B-](F)(F)F.N#[N+]c1cccc(Oc2ccccc2)c1. The monoisotopic (exact) mass is 284 g/mol. The van der Waals surface area contributed by atoms with Gasteiger partial charge in [0.05, 0.1) is 6.07 Å². The van der Waals surface area contributed by atoms with Crippen molar-refractivity contribution < 1.29 is 22.0 Å². The van der Waals surface area contributed by atoms with Crippen LogP contribution in [0, 0.1) is 5.39 Å². The first kappa shape index (κ1) is 15.5. The van der Waals surface area contributed by atoms with Crippen molar-refractivity contribution >= 4 is 12.9 Å². The van der Waals surface area contributed by atoms with Gasteiger partial charge in [-0.3, -0.25) is 0 Å². The van der Waals surface area contributed by atoms with Crippen LogP contribution in [0.5, 0.6) is 11.5 Å². The van der Waals surface area contributed by atoms with E-state index in [2.05, 4.69) is 4.98 Å². The molecule has 2 aromatic carbocycles. The van der Waals surface area contributed by atoms with Crippen LogP contribution in [0.25, 0.3) is 4.98 Å². The van der Waals surface area contributed by atoms with Gasteiger partial charge in [-0.2, -0.15) is 0 Å². The summed E-state index contributed by atoms with van der Waals surface area (Å²) >= 11 is 0. The van der Waals surface area contributed by atoms with E-state index in [0.29, 0.717) is 11.4 Å². The van der Waals surface area contributed by atoms with E-state index < -0.39 is 7.25 Å². The van der Waals surface area contributed by atoms with Crippen LogP contribution >= 0.6 is 0 Å². The number of rotatable bonds is 2. The van der Waals surface area contributed by atoms with Gasteiger partial charge in [0.2, 0.25) is 5.39 Å². The molecule has 0 saturated heterocycles. The molecular weight excluding hydrogens is 275 g/mol. The lowest BCUT2D eigenvalue weighted by atomic mass is 10.3. The van der Waals surface area contributed by atoms with E-state index in [-0.39, 0.29) is 0 Å². The second-order valence-corrected chi connectivity index (χ2v) is 3.51. The molecule has 104 valence electrons. The second-order valence-electron chi connectivity index (χ2n) is 3.51. The Morgan fingerprint density at radius 3 is 1.95 bits per heavy atom. The summed E-state index contributed by atoms with van der Waals surface area (Å²) in [6.07, 6.45) is 0. The van der Waals surface area contributed by atoms with Gasteiger partial charge in [-0.05, 0) is 18.2 Å². The van der Waals surface area contributed by atoms with Gasteiger partial charge in [0.15, 0.2) is 4.98 Å². The highest BCUT2D eigenvalue weighted by Gasteiger charge is 2.20. The Morgan fingerprint density at radius 1 is 0.850 bits per heavy atom. The Bertz CT molecular complexity index is 578. The Morgan fingerprint density at radius 2 is 1.40 bits per heavy atom. The third-order valence-electron chi connectivity index (χ3n) is 1.91. The molecule has 0 unspecified atom stereocenters. The lowest BCUT2D eigenvalue weighted by Crippen LogP contribution is -2.02. The standard InChI is InChI=1S/C12H9N2O.BF4/c13-14-10-5-4-8-12(9-10)15-11-6-2-1-3-7-11;2-1(3,4)5/h1-9H;/q+1;-1. The Labute approximate surface area is 112 Å². The normalized spacial score (nSPS) is 9.95. The minimum atomic E-state index is -6.00. The predicted octanol–water partition coefficient (Wildman–Crippen LogP) is 5.26. The Hall–Kier alpha value is -2.56. The highest BCUT2D eigenvalue weighted by atomic mass is 19.5. The van der Waals surface area contributed by atoms with Crippen LogP contribution in [0.15, 0.2) is 54.6 Å². The lowest BCUT2D eigenvalue weighted by Gasteiger charge is -2.02. The first-order valence-corrected chi connectivity index (χ1v) is 5.44. The molecule has 0 N–H and O–H groups in total. The molecular formula is C12H9BF4N2O. The maximum atomic E-state index is 9.75. The fourth-order valence-corrected chi connectivity index (χ4v) is 1.23. The van der Waals surface area contributed by atoms with Gasteiger partial charge in [-0.25, -0.2) is 0 Å².